The first-order chi connectivity index (χ1) is 14.6. The Bertz CT molecular complexity index is 1070. The standard InChI is InChI=1S/C29H36N/c1-20-13-14-25(23-9-5-4-6-10-23)19-28(20)29-27-16-15-24(22-11-7-8-12-22)18-26(27)17-21(2)30(29)3/h13-19,22-23H,4-12H2,1-3H3/q+1. The van der Waals surface area contributed by atoms with Crippen molar-refractivity contribution in [2.45, 2.75) is 83.5 Å². The Morgan fingerprint density at radius 1 is 0.700 bits per heavy atom. The highest BCUT2D eigenvalue weighted by Crippen LogP contribution is 2.39. The summed E-state index contributed by atoms with van der Waals surface area (Å²) in [7, 11) is 2.24. The van der Waals surface area contributed by atoms with Gasteiger partial charge >= 0.3 is 0 Å². The molecule has 0 spiro atoms. The van der Waals surface area contributed by atoms with Crippen LogP contribution in [0, 0.1) is 13.8 Å². The maximum atomic E-state index is 2.52. The second kappa shape index (κ2) is 8.17. The summed E-state index contributed by atoms with van der Waals surface area (Å²) in [6, 6.07) is 17.0. The van der Waals surface area contributed by atoms with Crippen LogP contribution in [-0.4, -0.2) is 0 Å². The molecule has 0 atom stereocenters. The Balaban J connectivity index is 1.65. The molecule has 2 aromatic carbocycles. The lowest BCUT2D eigenvalue weighted by molar-refractivity contribution is -0.665. The van der Waals surface area contributed by atoms with Crippen molar-refractivity contribution >= 4 is 10.8 Å². The van der Waals surface area contributed by atoms with E-state index in [1.54, 1.807) is 11.1 Å². The zero-order chi connectivity index (χ0) is 20.7. The van der Waals surface area contributed by atoms with Crippen molar-refractivity contribution in [1.29, 1.82) is 0 Å². The number of nitrogens with zero attached hydrogens (tertiary/aromatic N) is 1. The van der Waals surface area contributed by atoms with Crippen LogP contribution in [0.2, 0.25) is 0 Å². The van der Waals surface area contributed by atoms with E-state index in [0.29, 0.717) is 0 Å². The van der Waals surface area contributed by atoms with Crippen molar-refractivity contribution in [3.63, 3.8) is 0 Å². The first-order valence-corrected chi connectivity index (χ1v) is 12.2. The van der Waals surface area contributed by atoms with Crippen LogP contribution in [0.3, 0.4) is 0 Å². The van der Waals surface area contributed by atoms with E-state index < -0.39 is 0 Å². The summed E-state index contributed by atoms with van der Waals surface area (Å²) in [5, 5.41) is 2.81. The van der Waals surface area contributed by atoms with Crippen molar-refractivity contribution in [3.8, 4) is 11.3 Å². The van der Waals surface area contributed by atoms with E-state index in [2.05, 4.69) is 67.9 Å². The fourth-order valence-electron chi connectivity index (χ4n) is 6.02. The lowest BCUT2D eigenvalue weighted by Gasteiger charge is -2.23. The minimum atomic E-state index is 0.744. The fourth-order valence-corrected chi connectivity index (χ4v) is 6.02. The molecule has 2 fully saturated rings. The van der Waals surface area contributed by atoms with Crippen LogP contribution >= 0.6 is 0 Å². The molecule has 1 aromatic heterocycles. The number of aryl methyl sites for hydroxylation is 2. The number of pyridine rings is 1. The van der Waals surface area contributed by atoms with Crippen LogP contribution in [0.1, 0.15) is 92.0 Å². The minimum absolute atomic E-state index is 0.744. The molecular weight excluding hydrogens is 362 g/mol. The van der Waals surface area contributed by atoms with Crippen molar-refractivity contribution in [1.82, 2.24) is 0 Å². The van der Waals surface area contributed by atoms with Crippen LogP contribution < -0.4 is 4.57 Å². The molecule has 0 unspecified atom stereocenters. The van der Waals surface area contributed by atoms with Gasteiger partial charge in [0, 0.05) is 18.6 Å². The van der Waals surface area contributed by atoms with Crippen LogP contribution in [0.5, 0.6) is 0 Å². The third-order valence-electron chi connectivity index (χ3n) is 7.98. The highest BCUT2D eigenvalue weighted by Gasteiger charge is 2.24. The Kier molecular flexibility index (Phi) is 5.39. The molecule has 3 aromatic rings. The van der Waals surface area contributed by atoms with Crippen molar-refractivity contribution in [2.75, 3.05) is 0 Å². The summed E-state index contributed by atoms with van der Waals surface area (Å²) in [5.41, 5.74) is 8.63. The predicted octanol–water partition coefficient (Wildman–Crippen LogP) is 7.65. The van der Waals surface area contributed by atoms with Crippen molar-refractivity contribution in [2.24, 2.45) is 7.05 Å². The molecule has 1 heterocycles. The Morgan fingerprint density at radius 3 is 2.00 bits per heavy atom. The maximum absolute atomic E-state index is 2.52. The lowest BCUT2D eigenvalue weighted by Crippen LogP contribution is -2.35. The van der Waals surface area contributed by atoms with Gasteiger partial charge in [-0.3, -0.25) is 0 Å². The number of fused-ring (bicyclic) bond motifs is 1. The lowest BCUT2D eigenvalue weighted by atomic mass is 9.82. The van der Waals surface area contributed by atoms with Gasteiger partial charge in [-0.2, -0.15) is 4.57 Å². The van der Waals surface area contributed by atoms with Gasteiger partial charge in [0.1, 0.15) is 7.05 Å². The van der Waals surface area contributed by atoms with Gasteiger partial charge in [0.2, 0.25) is 5.69 Å². The smallest absolute Gasteiger partial charge is 0.198 e. The summed E-state index contributed by atoms with van der Waals surface area (Å²) < 4.78 is 2.41. The molecule has 0 N–H and O–H groups in total. The molecule has 1 heteroatoms. The van der Waals surface area contributed by atoms with E-state index in [-0.39, 0.29) is 0 Å². The topological polar surface area (TPSA) is 3.88 Å². The quantitative estimate of drug-likeness (QED) is 0.399. The van der Waals surface area contributed by atoms with Gasteiger partial charge in [-0.15, -0.1) is 0 Å². The number of hydrogen-bond donors (Lipinski definition) is 0. The van der Waals surface area contributed by atoms with Crippen LogP contribution in [0.25, 0.3) is 22.0 Å². The van der Waals surface area contributed by atoms with Crippen LogP contribution in [0.15, 0.2) is 42.5 Å². The molecule has 5 rings (SSSR count). The molecule has 0 aliphatic heterocycles. The molecule has 2 saturated carbocycles. The second-order valence-electron chi connectivity index (χ2n) is 9.93. The second-order valence-corrected chi connectivity index (χ2v) is 9.93. The van der Waals surface area contributed by atoms with Crippen LogP contribution in [-0.2, 0) is 7.05 Å². The van der Waals surface area contributed by atoms with Gasteiger partial charge in [-0.1, -0.05) is 56.4 Å². The Hall–Kier alpha value is -2.15. The van der Waals surface area contributed by atoms with E-state index in [0.717, 1.165) is 11.8 Å². The first kappa shape index (κ1) is 19.8. The molecule has 0 saturated heterocycles. The third-order valence-corrected chi connectivity index (χ3v) is 7.98. The molecule has 2 aliphatic rings. The van der Waals surface area contributed by atoms with E-state index in [1.807, 2.05) is 0 Å². The number of aromatic nitrogens is 1. The zero-order valence-electron chi connectivity index (χ0n) is 19.0. The summed E-state index contributed by atoms with van der Waals surface area (Å²) in [6.07, 6.45) is 12.4. The third kappa shape index (κ3) is 3.57. The Morgan fingerprint density at radius 2 is 1.30 bits per heavy atom. The maximum Gasteiger partial charge on any atom is 0.220 e. The first-order valence-electron chi connectivity index (χ1n) is 12.2. The average molecular weight is 399 g/mol. The van der Waals surface area contributed by atoms with Gasteiger partial charge in [0.15, 0.2) is 5.69 Å². The van der Waals surface area contributed by atoms with Gasteiger partial charge < -0.3 is 0 Å². The summed E-state index contributed by atoms with van der Waals surface area (Å²) in [4.78, 5) is 0. The summed E-state index contributed by atoms with van der Waals surface area (Å²) in [5.74, 6) is 1.51. The van der Waals surface area contributed by atoms with Crippen molar-refractivity contribution in [3.05, 3.63) is 64.8 Å². The van der Waals surface area contributed by atoms with Gasteiger partial charge in [0.05, 0.1) is 5.39 Å². The SMILES string of the molecule is Cc1ccc(C2CCCCC2)cc1-c1c2ccc(C3CCCC3)cc2cc(C)[n+]1C. The van der Waals surface area contributed by atoms with Crippen LogP contribution in [0.4, 0.5) is 0 Å². The summed E-state index contributed by atoms with van der Waals surface area (Å²) >= 11 is 0. The van der Waals surface area contributed by atoms with Gasteiger partial charge in [-0.05, 0) is 78.7 Å². The largest absolute Gasteiger partial charge is 0.220 e. The highest BCUT2D eigenvalue weighted by molar-refractivity contribution is 5.94. The number of benzene rings is 2. The molecule has 0 amide bonds. The highest BCUT2D eigenvalue weighted by atomic mass is 14.9. The molecule has 1 nitrogen and oxygen atoms in total. The minimum Gasteiger partial charge on any atom is -0.198 e. The predicted molar refractivity (Wildman–Crippen MR) is 127 cm³/mol. The molecular formula is C29H36N+. The molecule has 0 bridgehead atoms. The van der Waals surface area contributed by atoms with Gasteiger partial charge in [0.25, 0.3) is 0 Å². The van der Waals surface area contributed by atoms with Gasteiger partial charge in [-0.25, -0.2) is 0 Å². The molecule has 30 heavy (non-hydrogen) atoms. The molecule has 0 radical (unpaired) electrons. The van der Waals surface area contributed by atoms with E-state index >= 15 is 0 Å². The van der Waals surface area contributed by atoms with E-state index in [1.165, 1.54) is 91.1 Å². The average Bonchev–Trinajstić information content (AvgIpc) is 3.31. The fraction of sp³-hybridized carbons (Fsp3) is 0.483. The normalized spacial score (nSPS) is 18.4. The number of rotatable bonds is 3. The summed E-state index contributed by atoms with van der Waals surface area (Å²) in [6.45, 7) is 4.53. The number of hydrogen-bond acceptors (Lipinski definition) is 0. The molecule has 2 aliphatic carbocycles. The van der Waals surface area contributed by atoms with E-state index in [4.69, 9.17) is 0 Å². The van der Waals surface area contributed by atoms with E-state index in [9.17, 15) is 0 Å². The monoisotopic (exact) mass is 398 g/mol. The zero-order valence-corrected chi connectivity index (χ0v) is 19.0. The Labute approximate surface area is 182 Å². The van der Waals surface area contributed by atoms with Crippen molar-refractivity contribution < 1.29 is 4.57 Å². The molecule has 156 valence electrons.